The lowest BCUT2D eigenvalue weighted by atomic mass is 9.95. The molecule has 54 heavy (non-hydrogen) atoms. The molecule has 0 bridgehead atoms. The molecule has 1 aliphatic carbocycles. The number of carbonyl (C=O) groups excluding carboxylic acids is 5. The van der Waals surface area contributed by atoms with E-state index >= 15 is 0 Å². The Bertz CT molecular complexity index is 1050. The van der Waals surface area contributed by atoms with Crippen molar-refractivity contribution in [2.45, 2.75) is 146 Å². The molecule has 1 aromatic rings. The van der Waals surface area contributed by atoms with Gasteiger partial charge >= 0.3 is 6.03 Å². The number of likely N-dealkylation sites (tertiary alicyclic amines) is 1. The third kappa shape index (κ3) is 31.5. The van der Waals surface area contributed by atoms with Crippen LogP contribution in [-0.4, -0.2) is 92.8 Å². The number of hydrogen-bond donors (Lipinski definition) is 5. The molecule has 0 spiro atoms. The van der Waals surface area contributed by atoms with E-state index in [0.717, 1.165) is 45.9 Å². The van der Waals surface area contributed by atoms with Crippen LogP contribution in [0, 0.1) is 18.3 Å². The predicted molar refractivity (Wildman–Crippen MR) is 229 cm³/mol. The summed E-state index contributed by atoms with van der Waals surface area (Å²) < 4.78 is 0. The molecular weight excluding hydrogens is 683 g/mol. The van der Waals surface area contributed by atoms with Gasteiger partial charge in [-0.25, -0.2) is 4.79 Å². The maximum Gasteiger partial charge on any atom is 0.315 e. The standard InChI is InChI=1S/C18H25N3O2.C8H9NO3.C4H9N.2C3H8.3C2H6.CH4O/c1-12-6-5-9-21(12)17(22)16(20-18(23)19-2)15-10-13-7-3-4-8-14(13)11-15;1-2-3-4-7(9-6-11)8(12)5-10;1-3-4-5-2;2*1-3-2;4*1-2/h3-4,7-8,12,15-16H,5-6,9-11H2,1-2H3,(H2,19,20,23);1,5-7H,3-4H2,(H,9,11);3,5H,1,4H2,2H3;2*3H2,1-2H3;3*1-2H3;2H,1H3. The number of carbonyl (C=O) groups is 5. The highest BCUT2D eigenvalue weighted by atomic mass is 16.2. The first-order valence-corrected chi connectivity index (χ1v) is 19.8. The van der Waals surface area contributed by atoms with E-state index in [1.54, 1.807) is 7.05 Å². The zero-order valence-corrected chi connectivity index (χ0v) is 36.6. The Labute approximate surface area is 331 Å². The van der Waals surface area contributed by atoms with Gasteiger partial charge in [-0.15, -0.1) is 18.9 Å². The van der Waals surface area contributed by atoms with Gasteiger partial charge in [0.2, 0.25) is 18.1 Å². The van der Waals surface area contributed by atoms with Crippen LogP contribution in [0.2, 0.25) is 0 Å². The van der Waals surface area contributed by atoms with Crippen molar-refractivity contribution in [2.24, 2.45) is 5.92 Å². The average Bonchev–Trinajstić information content (AvgIpc) is 3.85. The smallest absolute Gasteiger partial charge is 0.315 e. The van der Waals surface area contributed by atoms with E-state index in [1.165, 1.54) is 24.0 Å². The predicted octanol–water partition coefficient (Wildman–Crippen LogP) is 6.90. The van der Waals surface area contributed by atoms with Gasteiger partial charge in [-0.3, -0.25) is 19.2 Å². The van der Waals surface area contributed by atoms with Gasteiger partial charge in [-0.1, -0.05) is 112 Å². The van der Waals surface area contributed by atoms with Crippen LogP contribution in [0.5, 0.6) is 0 Å². The number of urea groups is 1. The van der Waals surface area contributed by atoms with E-state index in [9.17, 15) is 24.0 Å². The van der Waals surface area contributed by atoms with Crippen LogP contribution >= 0.6 is 0 Å². The fourth-order valence-corrected chi connectivity index (χ4v) is 4.71. The van der Waals surface area contributed by atoms with Gasteiger partial charge < -0.3 is 31.3 Å². The largest absolute Gasteiger partial charge is 0.400 e. The van der Waals surface area contributed by atoms with E-state index in [1.807, 2.05) is 71.7 Å². The van der Waals surface area contributed by atoms with Crippen molar-refractivity contribution in [1.29, 1.82) is 0 Å². The summed E-state index contributed by atoms with van der Waals surface area (Å²) in [5.41, 5.74) is 2.59. The highest BCUT2D eigenvalue weighted by molar-refractivity contribution is 6.27. The normalized spacial score (nSPS) is 13.5. The van der Waals surface area contributed by atoms with Crippen LogP contribution in [0.15, 0.2) is 36.9 Å². The number of ketones is 1. The SMILES string of the molecule is C#CCCC(NC=O)C(=O)C=O.C=CCNC.CC.CC.CC.CCC.CCC.CNC(=O)NC(C(=O)N1CCCC1C)C1Cc2ccccc2C1.CO. The Kier molecular flexibility index (Phi) is 56.2. The monoisotopic (exact) mass is 764 g/mol. The van der Waals surface area contributed by atoms with Gasteiger partial charge in [0.15, 0.2) is 6.29 Å². The van der Waals surface area contributed by atoms with E-state index in [2.05, 4.69) is 80.5 Å². The third-order valence-corrected chi connectivity index (χ3v) is 6.82. The Morgan fingerprint density at radius 2 is 1.44 bits per heavy atom. The van der Waals surface area contributed by atoms with Crippen molar-refractivity contribution in [1.82, 2.24) is 26.2 Å². The third-order valence-electron chi connectivity index (χ3n) is 6.82. The van der Waals surface area contributed by atoms with Crippen molar-refractivity contribution in [2.75, 3.05) is 34.3 Å². The van der Waals surface area contributed by atoms with E-state index in [0.29, 0.717) is 19.3 Å². The fourth-order valence-electron chi connectivity index (χ4n) is 4.71. The molecule has 314 valence electrons. The van der Waals surface area contributed by atoms with Gasteiger partial charge in [-0.2, -0.15) is 0 Å². The number of Topliss-reactive ketones (excluding diaryl/α,β-unsaturated/α-hetero) is 1. The molecule has 1 aromatic carbocycles. The Balaban J connectivity index is -0.000000157. The minimum atomic E-state index is -0.768. The molecule has 0 radical (unpaired) electrons. The molecule has 1 heterocycles. The summed E-state index contributed by atoms with van der Waals surface area (Å²) in [4.78, 5) is 57.6. The van der Waals surface area contributed by atoms with Crippen LogP contribution in [0.4, 0.5) is 4.79 Å². The van der Waals surface area contributed by atoms with Crippen LogP contribution in [0.3, 0.4) is 0 Å². The van der Waals surface area contributed by atoms with Crippen LogP contribution in [0.1, 0.15) is 126 Å². The zero-order valence-electron chi connectivity index (χ0n) is 36.6. The number of benzene rings is 1. The van der Waals surface area contributed by atoms with Crippen LogP contribution < -0.4 is 21.3 Å². The molecule has 5 N–H and O–H groups in total. The molecule has 1 fully saturated rings. The van der Waals surface area contributed by atoms with Crippen molar-refractivity contribution >= 4 is 30.4 Å². The first-order valence-electron chi connectivity index (χ1n) is 19.8. The zero-order chi connectivity index (χ0) is 43.3. The Morgan fingerprint density at radius 3 is 1.76 bits per heavy atom. The molecule has 0 aromatic heterocycles. The molecule has 2 aliphatic rings. The minimum Gasteiger partial charge on any atom is -0.400 e. The number of aliphatic hydroxyl groups is 1. The Hall–Kier alpha value is -4.01. The second kappa shape index (κ2) is 49.0. The van der Waals surface area contributed by atoms with Crippen molar-refractivity contribution < 1.29 is 29.1 Å². The number of hydrogen-bond acceptors (Lipinski definition) is 7. The molecule has 1 saturated heterocycles. The van der Waals surface area contributed by atoms with Gasteiger partial charge in [0.05, 0.1) is 6.04 Å². The maximum atomic E-state index is 13.0. The number of aliphatic hydroxyl groups excluding tert-OH is 1. The lowest BCUT2D eigenvalue weighted by Gasteiger charge is -2.30. The first-order chi connectivity index (χ1) is 26.1. The topological polar surface area (TPSA) is 157 Å². The van der Waals surface area contributed by atoms with E-state index in [4.69, 9.17) is 11.5 Å². The number of fused-ring (bicyclic) bond motifs is 1. The lowest BCUT2D eigenvalue weighted by molar-refractivity contribution is -0.135. The highest BCUT2D eigenvalue weighted by Gasteiger charge is 2.38. The summed E-state index contributed by atoms with van der Waals surface area (Å²) in [5, 5.41) is 17.6. The average molecular weight is 764 g/mol. The molecule has 3 atom stereocenters. The number of nitrogens with one attached hydrogen (secondary N) is 4. The van der Waals surface area contributed by atoms with Gasteiger partial charge in [-0.05, 0) is 63.1 Å². The first kappa shape index (κ1) is 62.0. The molecule has 11 heteroatoms. The van der Waals surface area contributed by atoms with Gasteiger partial charge in [0.25, 0.3) is 0 Å². The second-order valence-corrected chi connectivity index (χ2v) is 11.0. The number of nitrogens with zero attached hydrogens (tertiary/aromatic N) is 1. The number of likely N-dealkylation sites (N-methyl/N-ethyl adjacent to an activating group) is 1. The van der Waals surface area contributed by atoms with Crippen molar-refractivity contribution in [3.63, 3.8) is 0 Å². The number of rotatable bonds is 11. The van der Waals surface area contributed by atoms with Gasteiger partial charge in [0, 0.05) is 39.7 Å². The summed E-state index contributed by atoms with van der Waals surface area (Å²) in [6.07, 6.45) is 14.3. The second-order valence-electron chi connectivity index (χ2n) is 11.0. The van der Waals surface area contributed by atoms with Gasteiger partial charge in [0.1, 0.15) is 6.04 Å². The fraction of sp³-hybridized carbons (Fsp3) is 0.651. The number of amides is 4. The molecule has 1 aliphatic heterocycles. The maximum absolute atomic E-state index is 13.0. The molecule has 3 unspecified atom stereocenters. The van der Waals surface area contributed by atoms with Crippen LogP contribution in [-0.2, 0) is 32.0 Å². The quantitative estimate of drug-likeness (QED) is 0.0710. The molecule has 0 saturated carbocycles. The Morgan fingerprint density at radius 1 is 0.963 bits per heavy atom. The summed E-state index contributed by atoms with van der Waals surface area (Å²) in [6, 6.07) is 7.06. The number of aldehydes is 1. The minimum absolute atomic E-state index is 0.0661. The summed E-state index contributed by atoms with van der Waals surface area (Å²) in [5.74, 6) is 1.85. The van der Waals surface area contributed by atoms with Crippen molar-refractivity contribution in [3.8, 4) is 12.3 Å². The summed E-state index contributed by atoms with van der Waals surface area (Å²) in [7, 11) is 4.47. The van der Waals surface area contributed by atoms with E-state index in [-0.39, 0.29) is 30.2 Å². The summed E-state index contributed by atoms with van der Waals surface area (Å²) in [6.45, 7) is 27.8. The number of terminal acetylenes is 1. The summed E-state index contributed by atoms with van der Waals surface area (Å²) >= 11 is 0. The molecule has 3 rings (SSSR count). The molecule has 4 amide bonds. The van der Waals surface area contributed by atoms with Crippen molar-refractivity contribution in [3.05, 3.63) is 48.0 Å². The highest BCUT2D eigenvalue weighted by Crippen LogP contribution is 2.30. The van der Waals surface area contributed by atoms with Crippen LogP contribution in [0.25, 0.3) is 0 Å². The lowest BCUT2D eigenvalue weighted by Crippen LogP contribution is -2.55. The molecule has 11 nitrogen and oxygen atoms in total. The van der Waals surface area contributed by atoms with E-state index < -0.39 is 17.9 Å². The molecular formula is C43H81N5O6.